The van der Waals surface area contributed by atoms with Gasteiger partial charge < -0.3 is 5.32 Å². The van der Waals surface area contributed by atoms with E-state index in [1.807, 2.05) is 30.3 Å². The van der Waals surface area contributed by atoms with Crippen molar-refractivity contribution in [2.24, 2.45) is 7.05 Å². The molecule has 0 aliphatic rings. The average Bonchev–Trinajstić information content (AvgIpc) is 2.78. The highest BCUT2D eigenvalue weighted by Crippen LogP contribution is 2.34. The molecular weight excluding hydrogens is 436 g/mol. The number of anilines is 1. The van der Waals surface area contributed by atoms with Gasteiger partial charge in [-0.1, -0.05) is 42.5 Å². The van der Waals surface area contributed by atoms with Crippen LogP contribution >= 0.6 is 0 Å². The summed E-state index contributed by atoms with van der Waals surface area (Å²) in [5, 5.41) is 3.49. The van der Waals surface area contributed by atoms with Gasteiger partial charge in [0.2, 0.25) is 0 Å². The number of halogens is 4. The summed E-state index contributed by atoms with van der Waals surface area (Å²) in [6.07, 6.45) is -3.17. The Bertz CT molecular complexity index is 1370. The number of hydrogen-bond donors (Lipinski definition) is 1. The smallest absolute Gasteiger partial charge is 0.363 e. The molecule has 0 spiro atoms. The number of pyridine rings is 1. The highest BCUT2D eigenvalue weighted by molar-refractivity contribution is 5.87. The van der Waals surface area contributed by atoms with E-state index in [0.29, 0.717) is 29.1 Å². The van der Waals surface area contributed by atoms with Crippen LogP contribution in [-0.4, -0.2) is 14.5 Å². The molecule has 0 unspecified atom stereocenters. The second-order valence-electron chi connectivity index (χ2n) is 7.73. The molecule has 0 radical (unpaired) electrons. The van der Waals surface area contributed by atoms with Gasteiger partial charge in [0.15, 0.2) is 0 Å². The fourth-order valence-corrected chi connectivity index (χ4v) is 3.78. The molecule has 2 heterocycles. The van der Waals surface area contributed by atoms with Crippen molar-refractivity contribution >= 4 is 16.9 Å². The van der Waals surface area contributed by atoms with Gasteiger partial charge in [0.1, 0.15) is 23.6 Å². The fraction of sp³-hybridized carbons (Fsp3) is 0.208. The Morgan fingerprint density at radius 2 is 1.79 bits per heavy atom. The van der Waals surface area contributed by atoms with Crippen molar-refractivity contribution in [2.75, 3.05) is 5.32 Å². The summed E-state index contributed by atoms with van der Waals surface area (Å²) in [5.41, 5.74) is 0.116. The third-order valence-corrected chi connectivity index (χ3v) is 5.47. The van der Waals surface area contributed by atoms with Crippen molar-refractivity contribution in [1.29, 1.82) is 0 Å². The number of benzene rings is 2. The molecule has 4 aromatic rings. The standard InChI is InChI=1S/C24H20F4N4O/c1-14(17-9-6-10-19(20(17)25)24(26,27)28)31-21-18-12-16(11-15-7-4-3-5-8-15)23(33)32(2)22(18)30-13-29-21/h3-10,12-14H,11H2,1-2H3,(H,29,30,31)/t14-/m1/s1. The van der Waals surface area contributed by atoms with Crippen molar-refractivity contribution in [1.82, 2.24) is 14.5 Å². The molecule has 2 aromatic heterocycles. The van der Waals surface area contributed by atoms with Crippen LogP contribution in [0.25, 0.3) is 11.0 Å². The lowest BCUT2D eigenvalue weighted by Gasteiger charge is -2.19. The Hall–Kier alpha value is -3.75. The van der Waals surface area contributed by atoms with E-state index in [9.17, 15) is 22.4 Å². The Labute approximate surface area is 186 Å². The maximum absolute atomic E-state index is 14.6. The maximum Gasteiger partial charge on any atom is 0.419 e. The van der Waals surface area contributed by atoms with Gasteiger partial charge in [-0.25, -0.2) is 14.4 Å². The van der Waals surface area contributed by atoms with Gasteiger partial charge in [-0.05, 0) is 24.6 Å². The third-order valence-electron chi connectivity index (χ3n) is 5.47. The van der Waals surface area contributed by atoms with Gasteiger partial charge in [-0.3, -0.25) is 9.36 Å². The summed E-state index contributed by atoms with van der Waals surface area (Å²) >= 11 is 0. The number of rotatable bonds is 5. The van der Waals surface area contributed by atoms with Gasteiger partial charge in [-0.2, -0.15) is 13.2 Å². The van der Waals surface area contributed by atoms with Gasteiger partial charge in [0.25, 0.3) is 5.56 Å². The van der Waals surface area contributed by atoms with Crippen LogP contribution in [0.3, 0.4) is 0 Å². The Balaban J connectivity index is 1.75. The van der Waals surface area contributed by atoms with E-state index in [1.54, 1.807) is 20.0 Å². The third kappa shape index (κ3) is 4.44. The van der Waals surface area contributed by atoms with Crippen LogP contribution in [0.4, 0.5) is 23.4 Å². The predicted molar refractivity (Wildman–Crippen MR) is 117 cm³/mol. The average molecular weight is 456 g/mol. The molecule has 1 atom stereocenters. The predicted octanol–water partition coefficient (Wildman–Crippen LogP) is 5.25. The Morgan fingerprint density at radius 3 is 2.48 bits per heavy atom. The van der Waals surface area contributed by atoms with Crippen LogP contribution in [0, 0.1) is 5.82 Å². The minimum Gasteiger partial charge on any atom is -0.363 e. The fourth-order valence-electron chi connectivity index (χ4n) is 3.78. The SMILES string of the molecule is C[C@@H](Nc1ncnc2c1cc(Cc1ccccc1)c(=O)n2C)c1cccc(C(F)(F)F)c1F. The number of aromatic nitrogens is 3. The van der Waals surface area contributed by atoms with Crippen LogP contribution in [0.1, 0.15) is 35.2 Å². The normalized spacial score (nSPS) is 12.7. The zero-order chi connectivity index (χ0) is 23.8. The van der Waals surface area contributed by atoms with Gasteiger partial charge in [0.05, 0.1) is 17.0 Å². The van der Waals surface area contributed by atoms with E-state index in [2.05, 4.69) is 15.3 Å². The summed E-state index contributed by atoms with van der Waals surface area (Å²) in [4.78, 5) is 21.2. The Morgan fingerprint density at radius 1 is 1.06 bits per heavy atom. The quantitative estimate of drug-likeness (QED) is 0.417. The van der Waals surface area contributed by atoms with Crippen molar-refractivity contribution in [3.05, 3.63) is 99.3 Å². The first-order valence-corrected chi connectivity index (χ1v) is 10.2. The lowest BCUT2D eigenvalue weighted by atomic mass is 10.0. The lowest BCUT2D eigenvalue weighted by Crippen LogP contribution is -2.23. The van der Waals surface area contributed by atoms with Crippen LogP contribution in [0.15, 0.2) is 65.7 Å². The minimum atomic E-state index is -4.80. The first kappa shape index (κ1) is 22.4. The van der Waals surface area contributed by atoms with Crippen molar-refractivity contribution < 1.29 is 17.6 Å². The zero-order valence-corrected chi connectivity index (χ0v) is 17.8. The van der Waals surface area contributed by atoms with Gasteiger partial charge in [0, 0.05) is 24.6 Å². The summed E-state index contributed by atoms with van der Waals surface area (Å²) < 4.78 is 55.4. The minimum absolute atomic E-state index is 0.147. The zero-order valence-electron chi connectivity index (χ0n) is 17.8. The van der Waals surface area contributed by atoms with Crippen molar-refractivity contribution in [2.45, 2.75) is 25.6 Å². The molecular formula is C24H20F4N4O. The summed E-state index contributed by atoms with van der Waals surface area (Å²) in [5.74, 6) is -1.05. The summed E-state index contributed by atoms with van der Waals surface area (Å²) in [6.45, 7) is 1.54. The molecule has 0 fully saturated rings. The van der Waals surface area contributed by atoms with Crippen LogP contribution < -0.4 is 10.9 Å². The van der Waals surface area contributed by atoms with E-state index in [1.165, 1.54) is 23.0 Å². The van der Waals surface area contributed by atoms with Crippen LogP contribution in [0.5, 0.6) is 0 Å². The topological polar surface area (TPSA) is 59.8 Å². The number of nitrogens with zero attached hydrogens (tertiary/aromatic N) is 3. The molecule has 0 saturated heterocycles. The number of nitrogens with one attached hydrogen (secondary N) is 1. The summed E-state index contributed by atoms with van der Waals surface area (Å²) in [7, 11) is 1.59. The van der Waals surface area contributed by atoms with Gasteiger partial charge in [-0.15, -0.1) is 0 Å². The number of aryl methyl sites for hydroxylation is 1. The molecule has 170 valence electrons. The molecule has 1 N–H and O–H groups in total. The number of alkyl halides is 3. The largest absolute Gasteiger partial charge is 0.419 e. The van der Waals surface area contributed by atoms with E-state index >= 15 is 0 Å². The second kappa shape index (κ2) is 8.65. The first-order valence-electron chi connectivity index (χ1n) is 10.2. The number of fused-ring (bicyclic) bond motifs is 1. The van der Waals surface area contributed by atoms with Gasteiger partial charge >= 0.3 is 6.18 Å². The highest BCUT2D eigenvalue weighted by Gasteiger charge is 2.35. The van der Waals surface area contributed by atoms with E-state index in [4.69, 9.17) is 0 Å². The molecule has 2 aromatic carbocycles. The van der Waals surface area contributed by atoms with E-state index in [-0.39, 0.29) is 16.9 Å². The molecule has 4 rings (SSSR count). The first-order chi connectivity index (χ1) is 15.7. The molecule has 5 nitrogen and oxygen atoms in total. The molecule has 0 aliphatic heterocycles. The van der Waals surface area contributed by atoms with Crippen LogP contribution in [0.2, 0.25) is 0 Å². The molecule has 0 amide bonds. The Kier molecular flexibility index (Phi) is 5.88. The lowest BCUT2D eigenvalue weighted by molar-refractivity contribution is -0.140. The molecule has 0 saturated carbocycles. The molecule has 0 bridgehead atoms. The second-order valence-corrected chi connectivity index (χ2v) is 7.73. The van der Waals surface area contributed by atoms with Crippen LogP contribution in [-0.2, 0) is 19.6 Å². The molecule has 33 heavy (non-hydrogen) atoms. The van der Waals surface area contributed by atoms with Crippen molar-refractivity contribution in [3.63, 3.8) is 0 Å². The molecule has 9 heteroatoms. The number of hydrogen-bond acceptors (Lipinski definition) is 4. The van der Waals surface area contributed by atoms with E-state index < -0.39 is 23.6 Å². The van der Waals surface area contributed by atoms with E-state index in [0.717, 1.165) is 5.56 Å². The maximum atomic E-state index is 14.6. The molecule has 0 aliphatic carbocycles. The van der Waals surface area contributed by atoms with Crippen molar-refractivity contribution in [3.8, 4) is 0 Å². The highest BCUT2D eigenvalue weighted by atomic mass is 19.4. The monoisotopic (exact) mass is 456 g/mol. The summed E-state index contributed by atoms with van der Waals surface area (Å²) in [6, 6.07) is 13.4.